The van der Waals surface area contributed by atoms with Gasteiger partial charge in [-0.3, -0.25) is 9.48 Å². The van der Waals surface area contributed by atoms with Crippen LogP contribution in [0.15, 0.2) is 24.4 Å². The lowest BCUT2D eigenvalue weighted by Gasteiger charge is -2.11. The van der Waals surface area contributed by atoms with Gasteiger partial charge in [-0.2, -0.15) is 5.10 Å². The molecule has 1 aromatic heterocycles. The average molecular weight is 372 g/mol. The third-order valence-electron chi connectivity index (χ3n) is 4.48. The number of carbonyl (C=O) groups is 1. The molecule has 0 atom stereocenters. The molecule has 0 fully saturated rings. The van der Waals surface area contributed by atoms with Crippen molar-refractivity contribution in [1.82, 2.24) is 20.0 Å². The second kappa shape index (κ2) is 8.90. The SMILES string of the molecule is CN(C)C(=O)CCCNCc1cn(C)nc1-c1ccc2c(c1)OCCCO2. The number of amides is 1. The summed E-state index contributed by atoms with van der Waals surface area (Å²) in [7, 11) is 5.49. The van der Waals surface area contributed by atoms with Crippen molar-refractivity contribution in [3.8, 4) is 22.8 Å². The third-order valence-corrected chi connectivity index (χ3v) is 4.48. The van der Waals surface area contributed by atoms with Crippen LogP contribution in [0, 0.1) is 0 Å². The maximum atomic E-state index is 11.6. The number of benzene rings is 1. The Morgan fingerprint density at radius 1 is 1.26 bits per heavy atom. The summed E-state index contributed by atoms with van der Waals surface area (Å²) in [5, 5.41) is 8.03. The number of rotatable bonds is 7. The van der Waals surface area contributed by atoms with Gasteiger partial charge in [0.1, 0.15) is 0 Å². The van der Waals surface area contributed by atoms with Gasteiger partial charge in [-0.25, -0.2) is 0 Å². The Morgan fingerprint density at radius 3 is 2.81 bits per heavy atom. The van der Waals surface area contributed by atoms with Gasteiger partial charge >= 0.3 is 0 Å². The van der Waals surface area contributed by atoms with E-state index in [1.165, 1.54) is 0 Å². The zero-order chi connectivity index (χ0) is 19.2. The maximum absolute atomic E-state index is 11.6. The van der Waals surface area contributed by atoms with Crippen LogP contribution >= 0.6 is 0 Å². The minimum Gasteiger partial charge on any atom is -0.490 e. The Kier molecular flexibility index (Phi) is 6.34. The lowest BCUT2D eigenvalue weighted by atomic mass is 10.1. The van der Waals surface area contributed by atoms with Crippen molar-refractivity contribution in [3.05, 3.63) is 30.0 Å². The van der Waals surface area contributed by atoms with Crippen LogP contribution in [0.25, 0.3) is 11.3 Å². The minimum absolute atomic E-state index is 0.158. The summed E-state index contributed by atoms with van der Waals surface area (Å²) in [6, 6.07) is 5.98. The van der Waals surface area contributed by atoms with Crippen LogP contribution in [0.3, 0.4) is 0 Å². The Morgan fingerprint density at radius 2 is 2.04 bits per heavy atom. The Bertz CT molecular complexity index is 786. The highest BCUT2D eigenvalue weighted by molar-refractivity contribution is 5.75. The molecule has 7 heteroatoms. The van der Waals surface area contributed by atoms with E-state index in [0.717, 1.165) is 47.7 Å². The molecule has 7 nitrogen and oxygen atoms in total. The fraction of sp³-hybridized carbons (Fsp3) is 0.500. The highest BCUT2D eigenvalue weighted by atomic mass is 16.5. The zero-order valence-corrected chi connectivity index (χ0v) is 16.3. The molecule has 0 saturated carbocycles. The Hall–Kier alpha value is -2.54. The molecule has 0 saturated heterocycles. The summed E-state index contributed by atoms with van der Waals surface area (Å²) < 4.78 is 13.3. The lowest BCUT2D eigenvalue weighted by Crippen LogP contribution is -2.23. The highest BCUT2D eigenvalue weighted by Gasteiger charge is 2.15. The van der Waals surface area contributed by atoms with Crippen molar-refractivity contribution in [2.75, 3.05) is 33.9 Å². The zero-order valence-electron chi connectivity index (χ0n) is 16.3. The van der Waals surface area contributed by atoms with E-state index >= 15 is 0 Å². The largest absolute Gasteiger partial charge is 0.490 e. The second-order valence-electron chi connectivity index (χ2n) is 6.96. The summed E-state index contributed by atoms with van der Waals surface area (Å²) in [5.74, 6) is 1.72. The molecule has 1 aliphatic rings. The van der Waals surface area contributed by atoms with Gasteiger partial charge in [-0.05, 0) is 31.2 Å². The first kappa shape index (κ1) is 19.2. The van der Waals surface area contributed by atoms with Crippen molar-refractivity contribution in [2.45, 2.75) is 25.8 Å². The Labute approximate surface area is 160 Å². The van der Waals surface area contributed by atoms with E-state index in [0.29, 0.717) is 26.2 Å². The van der Waals surface area contributed by atoms with Crippen LogP contribution in [-0.4, -0.2) is 54.4 Å². The van der Waals surface area contributed by atoms with Gasteiger partial charge in [-0.15, -0.1) is 0 Å². The van der Waals surface area contributed by atoms with Crippen LogP contribution in [0.2, 0.25) is 0 Å². The van der Waals surface area contributed by atoms with E-state index in [9.17, 15) is 4.79 Å². The molecule has 2 heterocycles. The number of ether oxygens (including phenoxy) is 2. The lowest BCUT2D eigenvalue weighted by molar-refractivity contribution is -0.128. The number of carbonyl (C=O) groups excluding carboxylic acids is 1. The number of nitrogens with one attached hydrogen (secondary N) is 1. The normalized spacial score (nSPS) is 13.3. The predicted octanol–water partition coefficient (Wildman–Crippen LogP) is 2.21. The smallest absolute Gasteiger partial charge is 0.222 e. The first-order valence-electron chi connectivity index (χ1n) is 9.38. The molecule has 3 rings (SSSR count). The summed E-state index contributed by atoms with van der Waals surface area (Å²) in [6.07, 6.45) is 4.29. The van der Waals surface area contributed by atoms with Crippen molar-refractivity contribution in [1.29, 1.82) is 0 Å². The van der Waals surface area contributed by atoms with Gasteiger partial charge in [0.25, 0.3) is 0 Å². The summed E-state index contributed by atoms with van der Waals surface area (Å²) in [4.78, 5) is 13.3. The first-order valence-corrected chi connectivity index (χ1v) is 9.38. The summed E-state index contributed by atoms with van der Waals surface area (Å²) in [6.45, 7) is 2.84. The molecule has 0 bridgehead atoms. The number of nitrogens with zero attached hydrogens (tertiary/aromatic N) is 3. The fourth-order valence-electron chi connectivity index (χ4n) is 3.03. The van der Waals surface area contributed by atoms with Gasteiger partial charge in [0.15, 0.2) is 11.5 Å². The molecule has 1 N–H and O–H groups in total. The number of hydrogen-bond acceptors (Lipinski definition) is 5. The predicted molar refractivity (Wildman–Crippen MR) is 104 cm³/mol. The maximum Gasteiger partial charge on any atom is 0.222 e. The molecule has 0 radical (unpaired) electrons. The van der Waals surface area contributed by atoms with Crippen LogP contribution in [-0.2, 0) is 18.4 Å². The fourth-order valence-corrected chi connectivity index (χ4v) is 3.03. The van der Waals surface area contributed by atoms with E-state index in [-0.39, 0.29) is 5.91 Å². The van der Waals surface area contributed by atoms with Crippen LogP contribution in [0.5, 0.6) is 11.5 Å². The molecule has 0 spiro atoms. The van der Waals surface area contributed by atoms with E-state index in [1.807, 2.05) is 36.1 Å². The van der Waals surface area contributed by atoms with Gasteiger partial charge in [-0.1, -0.05) is 0 Å². The van der Waals surface area contributed by atoms with E-state index in [2.05, 4.69) is 10.4 Å². The van der Waals surface area contributed by atoms with Crippen LogP contribution in [0.4, 0.5) is 0 Å². The number of fused-ring (bicyclic) bond motifs is 1. The third kappa shape index (κ3) is 5.01. The molecule has 1 aliphatic heterocycles. The Balaban J connectivity index is 1.64. The summed E-state index contributed by atoms with van der Waals surface area (Å²) >= 11 is 0. The van der Waals surface area contributed by atoms with Crippen LogP contribution < -0.4 is 14.8 Å². The van der Waals surface area contributed by atoms with Crippen LogP contribution in [0.1, 0.15) is 24.8 Å². The van der Waals surface area contributed by atoms with Gasteiger partial charge in [0, 0.05) is 57.9 Å². The van der Waals surface area contributed by atoms with Crippen molar-refractivity contribution >= 4 is 5.91 Å². The molecule has 27 heavy (non-hydrogen) atoms. The molecule has 0 unspecified atom stereocenters. The quantitative estimate of drug-likeness (QED) is 0.755. The number of aryl methyl sites for hydroxylation is 1. The molecular formula is C20H28N4O3. The number of hydrogen-bond donors (Lipinski definition) is 1. The first-order chi connectivity index (χ1) is 13.0. The van der Waals surface area contributed by atoms with E-state index in [4.69, 9.17) is 9.47 Å². The topological polar surface area (TPSA) is 68.6 Å². The monoisotopic (exact) mass is 372 g/mol. The number of aromatic nitrogens is 2. The average Bonchev–Trinajstić information content (AvgIpc) is 2.87. The molecule has 1 amide bonds. The van der Waals surface area contributed by atoms with Crippen molar-refractivity contribution < 1.29 is 14.3 Å². The van der Waals surface area contributed by atoms with Gasteiger partial charge < -0.3 is 19.7 Å². The molecular weight excluding hydrogens is 344 g/mol. The van der Waals surface area contributed by atoms with E-state index < -0.39 is 0 Å². The standard InChI is InChI=1S/C20H28N4O3/c1-23(2)19(25)6-4-9-21-13-16-14-24(3)22-20(16)15-7-8-17-18(12-15)27-11-5-10-26-17/h7-8,12,14,21H,4-6,9-11,13H2,1-3H3. The minimum atomic E-state index is 0.158. The van der Waals surface area contributed by atoms with Gasteiger partial charge in [0.05, 0.1) is 18.9 Å². The second-order valence-corrected chi connectivity index (χ2v) is 6.96. The van der Waals surface area contributed by atoms with Gasteiger partial charge in [0.2, 0.25) is 5.91 Å². The van der Waals surface area contributed by atoms with Crippen molar-refractivity contribution in [2.24, 2.45) is 7.05 Å². The van der Waals surface area contributed by atoms with E-state index in [1.54, 1.807) is 19.0 Å². The van der Waals surface area contributed by atoms with Crippen molar-refractivity contribution in [3.63, 3.8) is 0 Å². The summed E-state index contributed by atoms with van der Waals surface area (Å²) in [5.41, 5.74) is 3.07. The molecule has 2 aromatic rings. The molecule has 0 aliphatic carbocycles. The molecule has 146 valence electrons. The molecule has 1 aromatic carbocycles. The highest BCUT2D eigenvalue weighted by Crippen LogP contribution is 2.34.